The first kappa shape index (κ1) is 13.1. The number of aryl methyl sites for hydroxylation is 1. The summed E-state index contributed by atoms with van der Waals surface area (Å²) in [6.07, 6.45) is 0. The van der Waals surface area contributed by atoms with Crippen molar-refractivity contribution >= 4 is 11.4 Å². The van der Waals surface area contributed by atoms with E-state index in [9.17, 15) is 0 Å². The highest BCUT2D eigenvalue weighted by molar-refractivity contribution is 6.12. The smallest absolute Gasteiger partial charge is 0.158 e. The van der Waals surface area contributed by atoms with Gasteiger partial charge in [0.2, 0.25) is 0 Å². The molecule has 104 valence electrons. The van der Waals surface area contributed by atoms with Crippen molar-refractivity contribution in [1.29, 1.82) is 0 Å². The van der Waals surface area contributed by atoms with Crippen LogP contribution in [0.25, 0.3) is 0 Å². The summed E-state index contributed by atoms with van der Waals surface area (Å²) in [6.45, 7) is 1.84. The average Bonchev–Trinajstić information content (AvgIpc) is 2.96. The standard InChI is InChI=1S/C16H14N4O/c1-12-15(20-21-19-12)16(13-8-4-2-5-9-13)18-17-14-10-6-3-7-11-14/h2-11,17H,1H3/b18-16+. The van der Waals surface area contributed by atoms with Gasteiger partial charge in [-0.2, -0.15) is 5.10 Å². The number of nitrogens with zero attached hydrogens (tertiary/aromatic N) is 3. The quantitative estimate of drug-likeness (QED) is 0.588. The molecule has 0 bridgehead atoms. The second-order valence-corrected chi connectivity index (χ2v) is 4.50. The summed E-state index contributed by atoms with van der Waals surface area (Å²) in [5.74, 6) is 0. The van der Waals surface area contributed by atoms with Crippen LogP contribution >= 0.6 is 0 Å². The highest BCUT2D eigenvalue weighted by Gasteiger charge is 2.15. The van der Waals surface area contributed by atoms with Crippen molar-refractivity contribution in [1.82, 2.24) is 10.3 Å². The molecule has 0 spiro atoms. The van der Waals surface area contributed by atoms with Gasteiger partial charge in [0, 0.05) is 5.56 Å². The number of hydrogen-bond acceptors (Lipinski definition) is 5. The monoisotopic (exact) mass is 278 g/mol. The zero-order valence-corrected chi connectivity index (χ0v) is 11.5. The van der Waals surface area contributed by atoms with Gasteiger partial charge in [-0.1, -0.05) is 53.7 Å². The number of hydrogen-bond donors (Lipinski definition) is 1. The summed E-state index contributed by atoms with van der Waals surface area (Å²) < 4.78 is 4.79. The number of para-hydroxylation sites is 1. The van der Waals surface area contributed by atoms with E-state index in [1.807, 2.05) is 67.6 Å². The van der Waals surface area contributed by atoms with E-state index >= 15 is 0 Å². The molecule has 1 aromatic heterocycles. The van der Waals surface area contributed by atoms with Crippen LogP contribution in [-0.4, -0.2) is 16.0 Å². The molecule has 1 heterocycles. The molecular formula is C16H14N4O. The molecule has 0 saturated heterocycles. The van der Waals surface area contributed by atoms with Gasteiger partial charge in [0.1, 0.15) is 11.4 Å². The Morgan fingerprint density at radius 1 is 0.952 bits per heavy atom. The maximum absolute atomic E-state index is 4.79. The molecule has 0 fully saturated rings. The van der Waals surface area contributed by atoms with E-state index in [1.165, 1.54) is 0 Å². The highest BCUT2D eigenvalue weighted by Crippen LogP contribution is 2.13. The van der Waals surface area contributed by atoms with Crippen LogP contribution in [0.4, 0.5) is 5.69 Å². The third kappa shape index (κ3) is 2.97. The Balaban J connectivity index is 1.99. The predicted molar refractivity (Wildman–Crippen MR) is 81.2 cm³/mol. The van der Waals surface area contributed by atoms with Crippen LogP contribution in [0.5, 0.6) is 0 Å². The van der Waals surface area contributed by atoms with Gasteiger partial charge in [0.25, 0.3) is 0 Å². The van der Waals surface area contributed by atoms with Crippen LogP contribution in [0.2, 0.25) is 0 Å². The fourth-order valence-corrected chi connectivity index (χ4v) is 1.93. The van der Waals surface area contributed by atoms with Crippen molar-refractivity contribution in [3.63, 3.8) is 0 Å². The molecule has 2 aromatic carbocycles. The summed E-state index contributed by atoms with van der Waals surface area (Å²) in [4.78, 5) is 0. The topological polar surface area (TPSA) is 63.3 Å². The molecule has 0 amide bonds. The van der Waals surface area contributed by atoms with E-state index < -0.39 is 0 Å². The molecule has 0 saturated carbocycles. The third-order valence-electron chi connectivity index (χ3n) is 2.99. The lowest BCUT2D eigenvalue weighted by molar-refractivity contribution is 0.304. The van der Waals surface area contributed by atoms with Crippen molar-refractivity contribution in [2.45, 2.75) is 6.92 Å². The van der Waals surface area contributed by atoms with Crippen molar-refractivity contribution in [2.75, 3.05) is 5.43 Å². The number of hydrazone groups is 1. The number of aromatic nitrogens is 2. The summed E-state index contributed by atoms with van der Waals surface area (Å²) >= 11 is 0. The van der Waals surface area contributed by atoms with Gasteiger partial charge in [-0.25, -0.2) is 4.63 Å². The minimum atomic E-state index is 0.629. The Labute approximate surface area is 122 Å². The third-order valence-corrected chi connectivity index (χ3v) is 2.99. The minimum absolute atomic E-state index is 0.629. The maximum atomic E-state index is 4.79. The summed E-state index contributed by atoms with van der Waals surface area (Å²) in [6, 6.07) is 19.6. The Hall–Kier alpha value is -2.95. The van der Waals surface area contributed by atoms with Crippen LogP contribution < -0.4 is 5.43 Å². The maximum Gasteiger partial charge on any atom is 0.158 e. The van der Waals surface area contributed by atoms with E-state index in [-0.39, 0.29) is 0 Å². The Bertz CT molecular complexity index is 735. The second-order valence-electron chi connectivity index (χ2n) is 4.50. The van der Waals surface area contributed by atoms with E-state index in [1.54, 1.807) is 0 Å². The predicted octanol–water partition coefficient (Wildman–Crippen LogP) is 3.24. The van der Waals surface area contributed by atoms with Crippen molar-refractivity contribution in [2.24, 2.45) is 5.10 Å². The highest BCUT2D eigenvalue weighted by atomic mass is 16.6. The Morgan fingerprint density at radius 2 is 1.62 bits per heavy atom. The number of anilines is 1. The van der Waals surface area contributed by atoms with Gasteiger partial charge in [-0.3, -0.25) is 5.43 Å². The first-order valence-electron chi connectivity index (χ1n) is 6.58. The van der Waals surface area contributed by atoms with Gasteiger partial charge in [0.15, 0.2) is 5.69 Å². The molecule has 0 aliphatic rings. The Morgan fingerprint density at radius 3 is 2.24 bits per heavy atom. The van der Waals surface area contributed by atoms with Crippen LogP contribution in [0.15, 0.2) is 70.4 Å². The van der Waals surface area contributed by atoms with Gasteiger partial charge in [-0.05, 0) is 24.2 Å². The summed E-state index contributed by atoms with van der Waals surface area (Å²) in [5.41, 5.74) is 6.91. The van der Waals surface area contributed by atoms with Crippen LogP contribution in [0.1, 0.15) is 17.0 Å². The largest absolute Gasteiger partial charge is 0.278 e. The first-order chi connectivity index (χ1) is 10.3. The van der Waals surface area contributed by atoms with Crippen LogP contribution in [-0.2, 0) is 0 Å². The number of nitrogens with one attached hydrogen (secondary N) is 1. The summed E-state index contributed by atoms with van der Waals surface area (Å²) in [7, 11) is 0. The molecule has 3 aromatic rings. The first-order valence-corrected chi connectivity index (χ1v) is 6.58. The number of rotatable bonds is 4. The molecule has 5 heteroatoms. The molecule has 1 N–H and O–H groups in total. The molecule has 0 aliphatic carbocycles. The fraction of sp³-hybridized carbons (Fsp3) is 0.0625. The van der Waals surface area contributed by atoms with Crippen molar-refractivity contribution < 1.29 is 4.63 Å². The van der Waals surface area contributed by atoms with E-state index in [0.29, 0.717) is 17.1 Å². The molecule has 3 rings (SSSR count). The van der Waals surface area contributed by atoms with Gasteiger partial charge in [-0.15, -0.1) is 0 Å². The van der Waals surface area contributed by atoms with E-state index in [2.05, 4.69) is 20.8 Å². The SMILES string of the molecule is Cc1nonc1/C(=N/Nc1ccccc1)c1ccccc1. The lowest BCUT2D eigenvalue weighted by atomic mass is 10.1. The summed E-state index contributed by atoms with van der Waals surface area (Å²) in [5, 5.41) is 12.2. The lowest BCUT2D eigenvalue weighted by Crippen LogP contribution is -2.08. The average molecular weight is 278 g/mol. The molecular weight excluding hydrogens is 264 g/mol. The normalized spacial score (nSPS) is 11.4. The van der Waals surface area contributed by atoms with Gasteiger partial charge < -0.3 is 0 Å². The zero-order valence-electron chi connectivity index (χ0n) is 11.5. The molecule has 0 radical (unpaired) electrons. The van der Waals surface area contributed by atoms with Crippen LogP contribution in [0.3, 0.4) is 0 Å². The molecule has 0 atom stereocenters. The molecule has 0 unspecified atom stereocenters. The molecule has 5 nitrogen and oxygen atoms in total. The van der Waals surface area contributed by atoms with Crippen molar-refractivity contribution in [3.8, 4) is 0 Å². The lowest BCUT2D eigenvalue weighted by Gasteiger charge is -2.05. The van der Waals surface area contributed by atoms with Gasteiger partial charge >= 0.3 is 0 Å². The number of benzene rings is 2. The van der Waals surface area contributed by atoms with E-state index in [4.69, 9.17) is 4.63 Å². The molecule has 21 heavy (non-hydrogen) atoms. The van der Waals surface area contributed by atoms with E-state index in [0.717, 1.165) is 11.3 Å². The minimum Gasteiger partial charge on any atom is -0.278 e. The van der Waals surface area contributed by atoms with Gasteiger partial charge in [0.05, 0.1) is 5.69 Å². The fourth-order valence-electron chi connectivity index (χ4n) is 1.93. The Kier molecular flexibility index (Phi) is 3.73. The second kappa shape index (κ2) is 6.00. The van der Waals surface area contributed by atoms with Crippen molar-refractivity contribution in [3.05, 3.63) is 77.6 Å². The van der Waals surface area contributed by atoms with Crippen LogP contribution in [0, 0.1) is 6.92 Å². The molecule has 0 aliphatic heterocycles. The zero-order chi connectivity index (χ0) is 14.5.